The van der Waals surface area contributed by atoms with Crippen LogP contribution in [0.15, 0.2) is 24.3 Å². The van der Waals surface area contributed by atoms with Gasteiger partial charge in [0.2, 0.25) is 0 Å². The molecule has 0 spiro atoms. The maximum absolute atomic E-state index is 5.90. The van der Waals surface area contributed by atoms with Crippen molar-refractivity contribution in [2.24, 2.45) is 5.92 Å². The summed E-state index contributed by atoms with van der Waals surface area (Å²) >= 11 is 0. The molecule has 2 heteroatoms. The Hall–Kier alpha value is -1.02. The fraction of sp³-hybridized carbons (Fsp3) is 0.647. The van der Waals surface area contributed by atoms with Gasteiger partial charge in [-0.05, 0) is 42.9 Å². The van der Waals surface area contributed by atoms with Gasteiger partial charge in [0, 0.05) is 6.54 Å². The molecule has 0 saturated heterocycles. The van der Waals surface area contributed by atoms with E-state index < -0.39 is 0 Å². The Balaban J connectivity index is 2.33. The number of hydrogen-bond acceptors (Lipinski definition) is 2. The van der Waals surface area contributed by atoms with E-state index >= 15 is 0 Å². The van der Waals surface area contributed by atoms with Crippen LogP contribution < -0.4 is 10.1 Å². The largest absolute Gasteiger partial charge is 0.492 e. The summed E-state index contributed by atoms with van der Waals surface area (Å²) in [7, 11) is 0. The van der Waals surface area contributed by atoms with Crippen molar-refractivity contribution in [1.82, 2.24) is 5.32 Å². The Bertz CT molecular complexity index is 349. The standard InChI is InChI=1S/C17H29NO/c1-5-15(4)16-8-6-7-9-17(16)19-13-12-18-11-10-14(2)3/h6-9,14-15,18H,5,10-13H2,1-4H3. The molecule has 0 radical (unpaired) electrons. The fourth-order valence-corrected chi connectivity index (χ4v) is 1.99. The molecule has 0 bridgehead atoms. The van der Waals surface area contributed by atoms with E-state index in [2.05, 4.69) is 51.2 Å². The summed E-state index contributed by atoms with van der Waals surface area (Å²) < 4.78 is 5.90. The molecular formula is C17H29NO. The molecular weight excluding hydrogens is 234 g/mol. The van der Waals surface area contributed by atoms with E-state index in [1.807, 2.05) is 6.07 Å². The molecule has 1 aromatic carbocycles. The minimum Gasteiger partial charge on any atom is -0.492 e. The molecule has 1 unspecified atom stereocenters. The molecule has 1 N–H and O–H groups in total. The van der Waals surface area contributed by atoms with Crippen LogP contribution in [-0.4, -0.2) is 19.7 Å². The number of para-hydroxylation sites is 1. The van der Waals surface area contributed by atoms with Crippen molar-refractivity contribution < 1.29 is 4.74 Å². The van der Waals surface area contributed by atoms with Crippen LogP contribution in [0.5, 0.6) is 5.75 Å². The van der Waals surface area contributed by atoms with Crippen LogP contribution in [0.4, 0.5) is 0 Å². The number of benzene rings is 1. The van der Waals surface area contributed by atoms with E-state index in [4.69, 9.17) is 4.74 Å². The Morgan fingerprint density at radius 1 is 1.11 bits per heavy atom. The maximum atomic E-state index is 5.90. The summed E-state index contributed by atoms with van der Waals surface area (Å²) in [4.78, 5) is 0. The second-order valence-electron chi connectivity index (χ2n) is 5.63. The second kappa shape index (κ2) is 8.98. The topological polar surface area (TPSA) is 21.3 Å². The lowest BCUT2D eigenvalue weighted by Crippen LogP contribution is -2.23. The molecule has 1 atom stereocenters. The van der Waals surface area contributed by atoms with Gasteiger partial charge in [-0.1, -0.05) is 45.9 Å². The molecule has 0 amide bonds. The Morgan fingerprint density at radius 2 is 1.84 bits per heavy atom. The summed E-state index contributed by atoms with van der Waals surface area (Å²) in [6, 6.07) is 8.40. The summed E-state index contributed by atoms with van der Waals surface area (Å²) in [6.07, 6.45) is 2.37. The highest BCUT2D eigenvalue weighted by Crippen LogP contribution is 2.28. The van der Waals surface area contributed by atoms with Gasteiger partial charge >= 0.3 is 0 Å². The number of ether oxygens (including phenoxy) is 1. The van der Waals surface area contributed by atoms with E-state index in [9.17, 15) is 0 Å². The Morgan fingerprint density at radius 3 is 2.53 bits per heavy atom. The molecule has 19 heavy (non-hydrogen) atoms. The zero-order valence-electron chi connectivity index (χ0n) is 12.9. The SMILES string of the molecule is CCC(C)c1ccccc1OCCNCCC(C)C. The third-order valence-electron chi connectivity index (χ3n) is 3.50. The third-order valence-corrected chi connectivity index (χ3v) is 3.50. The van der Waals surface area contributed by atoms with Gasteiger partial charge in [0.15, 0.2) is 0 Å². The van der Waals surface area contributed by atoms with E-state index in [1.54, 1.807) is 0 Å². The lowest BCUT2D eigenvalue weighted by Gasteiger charge is -2.16. The highest BCUT2D eigenvalue weighted by molar-refractivity contribution is 5.35. The number of hydrogen-bond donors (Lipinski definition) is 1. The molecule has 0 saturated carbocycles. The molecule has 0 aliphatic heterocycles. The molecule has 0 fully saturated rings. The fourth-order valence-electron chi connectivity index (χ4n) is 1.99. The van der Waals surface area contributed by atoms with Crippen LogP contribution in [-0.2, 0) is 0 Å². The number of rotatable bonds is 9. The lowest BCUT2D eigenvalue weighted by atomic mass is 9.98. The minimum atomic E-state index is 0.560. The van der Waals surface area contributed by atoms with E-state index in [0.717, 1.165) is 37.8 Å². The van der Waals surface area contributed by atoms with Gasteiger partial charge in [0.05, 0.1) is 0 Å². The molecule has 0 aliphatic carbocycles. The lowest BCUT2D eigenvalue weighted by molar-refractivity contribution is 0.307. The predicted molar refractivity (Wildman–Crippen MR) is 83.0 cm³/mol. The summed E-state index contributed by atoms with van der Waals surface area (Å²) in [6.45, 7) is 11.7. The predicted octanol–water partition coefficient (Wildman–Crippen LogP) is 4.21. The molecule has 1 aromatic rings. The summed E-state index contributed by atoms with van der Waals surface area (Å²) in [5, 5.41) is 3.42. The van der Waals surface area contributed by atoms with Crippen LogP contribution >= 0.6 is 0 Å². The maximum Gasteiger partial charge on any atom is 0.122 e. The first-order valence-electron chi connectivity index (χ1n) is 7.57. The van der Waals surface area contributed by atoms with Crippen molar-refractivity contribution in [3.63, 3.8) is 0 Å². The van der Waals surface area contributed by atoms with Crippen molar-refractivity contribution in [3.8, 4) is 5.75 Å². The van der Waals surface area contributed by atoms with Gasteiger partial charge in [-0.15, -0.1) is 0 Å². The normalized spacial score (nSPS) is 12.7. The first-order valence-corrected chi connectivity index (χ1v) is 7.57. The molecule has 0 heterocycles. The van der Waals surface area contributed by atoms with Crippen molar-refractivity contribution >= 4 is 0 Å². The van der Waals surface area contributed by atoms with Crippen molar-refractivity contribution in [2.45, 2.75) is 46.5 Å². The molecule has 1 rings (SSSR count). The summed E-state index contributed by atoms with van der Waals surface area (Å²) in [5.74, 6) is 2.37. The quantitative estimate of drug-likeness (QED) is 0.674. The van der Waals surface area contributed by atoms with Gasteiger partial charge in [0.25, 0.3) is 0 Å². The van der Waals surface area contributed by atoms with Gasteiger partial charge in [-0.2, -0.15) is 0 Å². The molecule has 2 nitrogen and oxygen atoms in total. The molecule has 0 aromatic heterocycles. The van der Waals surface area contributed by atoms with Gasteiger partial charge in [-0.25, -0.2) is 0 Å². The molecule has 0 aliphatic rings. The van der Waals surface area contributed by atoms with Gasteiger partial charge < -0.3 is 10.1 Å². The Labute approximate surface area is 118 Å². The van der Waals surface area contributed by atoms with Crippen LogP contribution in [0.25, 0.3) is 0 Å². The van der Waals surface area contributed by atoms with Crippen LogP contribution in [0.2, 0.25) is 0 Å². The van der Waals surface area contributed by atoms with E-state index in [-0.39, 0.29) is 0 Å². The van der Waals surface area contributed by atoms with Gasteiger partial charge in [0.1, 0.15) is 12.4 Å². The average Bonchev–Trinajstić information content (AvgIpc) is 2.42. The van der Waals surface area contributed by atoms with Crippen molar-refractivity contribution in [2.75, 3.05) is 19.7 Å². The van der Waals surface area contributed by atoms with Crippen LogP contribution in [0.1, 0.15) is 52.0 Å². The van der Waals surface area contributed by atoms with E-state index in [1.165, 1.54) is 12.0 Å². The Kier molecular flexibility index (Phi) is 7.57. The first kappa shape index (κ1) is 16.0. The molecule has 108 valence electrons. The van der Waals surface area contributed by atoms with Gasteiger partial charge in [-0.3, -0.25) is 0 Å². The zero-order valence-corrected chi connectivity index (χ0v) is 12.9. The number of nitrogens with one attached hydrogen (secondary N) is 1. The van der Waals surface area contributed by atoms with Crippen LogP contribution in [0, 0.1) is 5.92 Å². The highest BCUT2D eigenvalue weighted by atomic mass is 16.5. The smallest absolute Gasteiger partial charge is 0.122 e. The first-order chi connectivity index (χ1) is 9.15. The van der Waals surface area contributed by atoms with Crippen molar-refractivity contribution in [1.29, 1.82) is 0 Å². The second-order valence-corrected chi connectivity index (χ2v) is 5.63. The zero-order chi connectivity index (χ0) is 14.1. The third kappa shape index (κ3) is 6.11. The van der Waals surface area contributed by atoms with E-state index in [0.29, 0.717) is 5.92 Å². The van der Waals surface area contributed by atoms with Crippen LogP contribution in [0.3, 0.4) is 0 Å². The average molecular weight is 263 g/mol. The highest BCUT2D eigenvalue weighted by Gasteiger charge is 2.08. The minimum absolute atomic E-state index is 0.560. The summed E-state index contributed by atoms with van der Waals surface area (Å²) in [5.41, 5.74) is 1.33. The van der Waals surface area contributed by atoms with Crippen molar-refractivity contribution in [3.05, 3.63) is 29.8 Å². The monoisotopic (exact) mass is 263 g/mol.